The minimum Gasteiger partial charge on any atom is -0.335 e. The van der Waals surface area contributed by atoms with Gasteiger partial charge in [-0.1, -0.05) is 19.1 Å². The van der Waals surface area contributed by atoms with E-state index in [0.29, 0.717) is 12.2 Å². The van der Waals surface area contributed by atoms with Gasteiger partial charge in [-0.25, -0.2) is 13.1 Å². The summed E-state index contributed by atoms with van der Waals surface area (Å²) in [6.45, 7) is 4.03. The maximum absolute atomic E-state index is 12.8. The van der Waals surface area contributed by atoms with Gasteiger partial charge in [0.15, 0.2) is 9.84 Å². The van der Waals surface area contributed by atoms with Crippen molar-refractivity contribution in [1.29, 1.82) is 0 Å². The predicted molar refractivity (Wildman–Crippen MR) is 113 cm³/mol. The van der Waals surface area contributed by atoms with Gasteiger partial charge < -0.3 is 4.90 Å². The molecule has 0 unspecified atom stereocenters. The van der Waals surface area contributed by atoms with Gasteiger partial charge in [-0.2, -0.15) is 5.10 Å². The number of aromatic nitrogens is 2. The van der Waals surface area contributed by atoms with Crippen molar-refractivity contribution in [2.45, 2.75) is 44.5 Å². The van der Waals surface area contributed by atoms with Gasteiger partial charge in [-0.05, 0) is 43.5 Å². The standard InChI is InChI=1S/C20H27N3O3S2/c1-3-16(2)23(19-9-12-28(25,26)15-19)20(24)14-27-13-17-5-7-18(8-6-17)22-11-4-10-21-22/h4-8,10-11,16,19H,3,9,12-15H2,1-2H3/t16-,19+/m1/s1. The van der Waals surface area contributed by atoms with Crippen LogP contribution in [0, 0.1) is 0 Å². The van der Waals surface area contributed by atoms with Crippen molar-refractivity contribution in [1.82, 2.24) is 14.7 Å². The van der Waals surface area contributed by atoms with Gasteiger partial charge in [0.05, 0.1) is 22.9 Å². The van der Waals surface area contributed by atoms with Crippen LogP contribution >= 0.6 is 11.8 Å². The third kappa shape index (κ3) is 5.17. The molecular weight excluding hydrogens is 394 g/mol. The van der Waals surface area contributed by atoms with Crippen LogP contribution in [0.15, 0.2) is 42.7 Å². The molecule has 152 valence electrons. The van der Waals surface area contributed by atoms with Crippen LogP contribution in [0.3, 0.4) is 0 Å². The van der Waals surface area contributed by atoms with Crippen LogP contribution in [0.2, 0.25) is 0 Å². The molecule has 2 atom stereocenters. The quantitative estimate of drug-likeness (QED) is 0.655. The number of nitrogens with zero attached hydrogens (tertiary/aromatic N) is 3. The van der Waals surface area contributed by atoms with Crippen molar-refractivity contribution in [2.24, 2.45) is 0 Å². The highest BCUT2D eigenvalue weighted by Crippen LogP contribution is 2.23. The zero-order valence-corrected chi connectivity index (χ0v) is 18.0. The minimum atomic E-state index is -3.01. The summed E-state index contributed by atoms with van der Waals surface area (Å²) in [7, 11) is -3.01. The molecule has 1 aromatic heterocycles. The molecule has 1 fully saturated rings. The van der Waals surface area contributed by atoms with E-state index in [4.69, 9.17) is 0 Å². The number of hydrogen-bond donors (Lipinski definition) is 0. The summed E-state index contributed by atoms with van der Waals surface area (Å²) in [5.74, 6) is 1.43. The fourth-order valence-electron chi connectivity index (χ4n) is 3.50. The lowest BCUT2D eigenvalue weighted by atomic mass is 10.1. The van der Waals surface area contributed by atoms with Crippen LogP contribution in [0.5, 0.6) is 0 Å². The first-order valence-electron chi connectivity index (χ1n) is 9.58. The molecule has 2 heterocycles. The zero-order valence-electron chi connectivity index (χ0n) is 16.3. The second kappa shape index (κ2) is 9.13. The van der Waals surface area contributed by atoms with Gasteiger partial charge >= 0.3 is 0 Å². The number of hydrogen-bond acceptors (Lipinski definition) is 5. The Morgan fingerprint density at radius 3 is 2.68 bits per heavy atom. The molecule has 1 aliphatic heterocycles. The Labute approximate surface area is 171 Å². The molecule has 0 spiro atoms. The maximum atomic E-state index is 12.8. The average Bonchev–Trinajstić information content (AvgIpc) is 3.32. The average molecular weight is 422 g/mol. The highest BCUT2D eigenvalue weighted by atomic mass is 32.2. The summed E-state index contributed by atoms with van der Waals surface area (Å²) >= 11 is 1.57. The SMILES string of the molecule is CC[C@@H](C)N(C(=O)CSCc1ccc(-n2cccn2)cc1)[C@H]1CCS(=O)(=O)C1. The van der Waals surface area contributed by atoms with Crippen molar-refractivity contribution in [3.63, 3.8) is 0 Å². The van der Waals surface area contributed by atoms with E-state index in [2.05, 4.69) is 5.10 Å². The Bertz CT molecular complexity index is 880. The van der Waals surface area contributed by atoms with E-state index >= 15 is 0 Å². The summed E-state index contributed by atoms with van der Waals surface area (Å²) in [5, 5.41) is 4.21. The molecule has 0 aliphatic carbocycles. The highest BCUT2D eigenvalue weighted by Gasteiger charge is 2.36. The van der Waals surface area contributed by atoms with Crippen molar-refractivity contribution in [3.05, 3.63) is 48.3 Å². The highest BCUT2D eigenvalue weighted by molar-refractivity contribution is 7.99. The Morgan fingerprint density at radius 2 is 2.11 bits per heavy atom. The number of amides is 1. The fourth-order valence-corrected chi connectivity index (χ4v) is 6.06. The van der Waals surface area contributed by atoms with Gasteiger partial charge in [0.2, 0.25) is 5.91 Å². The molecule has 0 bridgehead atoms. The van der Waals surface area contributed by atoms with Crippen LogP contribution in [0.25, 0.3) is 5.69 Å². The van der Waals surface area contributed by atoms with Crippen molar-refractivity contribution >= 4 is 27.5 Å². The lowest BCUT2D eigenvalue weighted by Crippen LogP contribution is -2.47. The minimum absolute atomic E-state index is 0.0367. The summed E-state index contributed by atoms with van der Waals surface area (Å²) in [6.07, 6.45) is 5.02. The number of benzene rings is 1. The van der Waals surface area contributed by atoms with E-state index < -0.39 is 9.84 Å². The van der Waals surface area contributed by atoms with Crippen LogP contribution in [-0.2, 0) is 20.4 Å². The fraction of sp³-hybridized carbons (Fsp3) is 0.500. The number of sulfone groups is 1. The van der Waals surface area contributed by atoms with Crippen molar-refractivity contribution < 1.29 is 13.2 Å². The van der Waals surface area contributed by atoms with E-state index in [1.54, 1.807) is 22.6 Å². The smallest absolute Gasteiger partial charge is 0.233 e. The van der Waals surface area contributed by atoms with E-state index in [0.717, 1.165) is 23.4 Å². The second-order valence-electron chi connectivity index (χ2n) is 7.23. The molecule has 1 amide bonds. The normalized spacial score (nSPS) is 19.4. The Kier molecular flexibility index (Phi) is 6.82. The van der Waals surface area contributed by atoms with Gasteiger partial charge in [0.25, 0.3) is 0 Å². The third-order valence-corrected chi connectivity index (χ3v) is 7.89. The third-order valence-electron chi connectivity index (χ3n) is 5.16. The second-order valence-corrected chi connectivity index (χ2v) is 10.4. The molecule has 1 aliphatic rings. The first-order valence-corrected chi connectivity index (χ1v) is 12.6. The van der Waals surface area contributed by atoms with Crippen LogP contribution in [0.4, 0.5) is 0 Å². The summed E-state index contributed by atoms with van der Waals surface area (Å²) in [6, 6.07) is 9.88. The molecule has 0 radical (unpaired) electrons. The van der Waals surface area contributed by atoms with E-state index in [-0.39, 0.29) is 29.5 Å². The van der Waals surface area contributed by atoms with Gasteiger partial charge in [-0.3, -0.25) is 4.79 Å². The van der Waals surface area contributed by atoms with Gasteiger partial charge in [-0.15, -0.1) is 11.8 Å². The largest absolute Gasteiger partial charge is 0.335 e. The lowest BCUT2D eigenvalue weighted by Gasteiger charge is -2.33. The number of carbonyl (C=O) groups excluding carboxylic acids is 1. The van der Waals surface area contributed by atoms with Crippen LogP contribution < -0.4 is 0 Å². The van der Waals surface area contributed by atoms with E-state index in [9.17, 15) is 13.2 Å². The van der Waals surface area contributed by atoms with E-state index in [1.165, 1.54) is 0 Å². The van der Waals surface area contributed by atoms with Crippen molar-refractivity contribution in [2.75, 3.05) is 17.3 Å². The molecule has 3 rings (SSSR count). The molecule has 1 aromatic carbocycles. The molecule has 0 saturated carbocycles. The van der Waals surface area contributed by atoms with Crippen LogP contribution in [-0.4, -0.2) is 58.3 Å². The summed E-state index contributed by atoms with van der Waals surface area (Å²) < 4.78 is 25.5. The molecule has 8 heteroatoms. The number of rotatable bonds is 8. The monoisotopic (exact) mass is 421 g/mol. The topological polar surface area (TPSA) is 72.3 Å². The van der Waals surface area contributed by atoms with Gasteiger partial charge in [0, 0.05) is 30.2 Å². The zero-order chi connectivity index (χ0) is 20.1. The molecule has 2 aromatic rings. The number of carbonyl (C=O) groups is 1. The Hall–Kier alpha value is -1.80. The molecule has 6 nitrogen and oxygen atoms in total. The molecular formula is C20H27N3O3S2. The van der Waals surface area contributed by atoms with Gasteiger partial charge in [0.1, 0.15) is 0 Å². The Morgan fingerprint density at radius 1 is 1.36 bits per heavy atom. The molecule has 1 saturated heterocycles. The lowest BCUT2D eigenvalue weighted by molar-refractivity contribution is -0.132. The first kappa shape index (κ1) is 20.9. The maximum Gasteiger partial charge on any atom is 0.233 e. The first-order chi connectivity index (χ1) is 13.4. The summed E-state index contributed by atoms with van der Waals surface area (Å²) in [5.41, 5.74) is 2.15. The Balaban J connectivity index is 1.55. The molecule has 0 N–H and O–H groups in total. The summed E-state index contributed by atoms with van der Waals surface area (Å²) in [4.78, 5) is 14.7. The van der Waals surface area contributed by atoms with Crippen molar-refractivity contribution in [3.8, 4) is 5.69 Å². The number of thioether (sulfide) groups is 1. The molecule has 28 heavy (non-hydrogen) atoms. The van der Waals surface area contributed by atoms with E-state index in [1.807, 2.05) is 55.3 Å². The predicted octanol–water partition coefficient (Wildman–Crippen LogP) is 2.92. The van der Waals surface area contributed by atoms with Crippen LogP contribution in [0.1, 0.15) is 32.3 Å².